The molecule has 0 unspecified atom stereocenters. The zero-order valence-corrected chi connectivity index (χ0v) is 14.4. The molecule has 0 saturated heterocycles. The summed E-state index contributed by atoms with van der Waals surface area (Å²) in [5.41, 5.74) is 2.99. The Hall–Kier alpha value is -1.74. The largest absolute Gasteiger partial charge is 0.484 e. The van der Waals surface area contributed by atoms with E-state index in [1.54, 1.807) is 12.1 Å². The van der Waals surface area contributed by atoms with Crippen LogP contribution in [0.5, 0.6) is 5.75 Å². The molecule has 0 N–H and O–H groups in total. The summed E-state index contributed by atoms with van der Waals surface area (Å²) in [6.07, 6.45) is 4.97. The van der Waals surface area contributed by atoms with Gasteiger partial charge in [-0.15, -0.1) is 0 Å². The van der Waals surface area contributed by atoms with Gasteiger partial charge in [-0.25, -0.2) is 0 Å². The van der Waals surface area contributed by atoms with Crippen molar-refractivity contribution < 1.29 is 9.53 Å². The summed E-state index contributed by atoms with van der Waals surface area (Å²) in [5, 5.41) is 0.525. The molecule has 0 aliphatic heterocycles. The van der Waals surface area contributed by atoms with Gasteiger partial charge >= 0.3 is 0 Å². The fourth-order valence-electron chi connectivity index (χ4n) is 3.57. The van der Waals surface area contributed by atoms with E-state index >= 15 is 0 Å². The van der Waals surface area contributed by atoms with Gasteiger partial charge < -0.3 is 9.30 Å². The fraction of sp³-hybridized carbons (Fsp3) is 0.421. The normalized spacial score (nSPS) is 15.1. The van der Waals surface area contributed by atoms with E-state index in [4.69, 9.17) is 16.3 Å². The Bertz CT molecular complexity index is 714. The van der Waals surface area contributed by atoms with Crippen LogP contribution in [0.1, 0.15) is 53.5 Å². The van der Waals surface area contributed by atoms with E-state index in [2.05, 4.69) is 11.5 Å². The van der Waals surface area contributed by atoms with Crippen molar-refractivity contribution in [1.82, 2.24) is 4.57 Å². The molecule has 0 bridgehead atoms. The predicted molar refractivity (Wildman–Crippen MR) is 92.7 cm³/mol. The second kappa shape index (κ2) is 6.79. The molecule has 23 heavy (non-hydrogen) atoms. The van der Waals surface area contributed by atoms with Crippen molar-refractivity contribution in [3.63, 3.8) is 0 Å². The number of halogens is 1. The van der Waals surface area contributed by atoms with Crippen LogP contribution < -0.4 is 4.74 Å². The van der Waals surface area contributed by atoms with Crippen LogP contribution in [0, 0.1) is 13.8 Å². The van der Waals surface area contributed by atoms with E-state index in [-0.39, 0.29) is 12.4 Å². The number of hydrogen-bond donors (Lipinski definition) is 0. The molecule has 4 heteroatoms. The molecule has 0 atom stereocenters. The smallest absolute Gasteiger partial charge is 0.202 e. The number of nitrogens with zero attached hydrogens (tertiary/aromatic N) is 1. The van der Waals surface area contributed by atoms with E-state index in [0.717, 1.165) is 17.0 Å². The highest BCUT2D eigenvalue weighted by Gasteiger charge is 2.23. The lowest BCUT2D eigenvalue weighted by molar-refractivity contribution is 0.0921. The Morgan fingerprint density at radius 3 is 2.65 bits per heavy atom. The molecule has 1 saturated carbocycles. The minimum Gasteiger partial charge on any atom is -0.484 e. The molecular formula is C19H22ClNO2. The Kier molecular flexibility index (Phi) is 4.76. The molecule has 0 spiro atoms. The van der Waals surface area contributed by atoms with Gasteiger partial charge in [-0.1, -0.05) is 36.6 Å². The van der Waals surface area contributed by atoms with Crippen molar-refractivity contribution in [2.24, 2.45) is 0 Å². The fourth-order valence-corrected chi connectivity index (χ4v) is 3.76. The standard InChI is InChI=1S/C19H22ClNO2/c1-13-11-16(14(2)21(13)15-7-3-4-8-15)18(22)12-23-19-10-6-5-9-17(19)20/h5-6,9-11,15H,3-4,7-8,12H2,1-2H3. The quantitative estimate of drug-likeness (QED) is 0.711. The van der Waals surface area contributed by atoms with Crippen LogP contribution >= 0.6 is 11.6 Å². The van der Waals surface area contributed by atoms with Crippen LogP contribution in [0.3, 0.4) is 0 Å². The van der Waals surface area contributed by atoms with Crippen LogP contribution in [0.4, 0.5) is 0 Å². The number of carbonyl (C=O) groups is 1. The predicted octanol–water partition coefficient (Wildman–Crippen LogP) is 5.14. The average molecular weight is 332 g/mol. The maximum absolute atomic E-state index is 12.5. The Balaban J connectivity index is 1.75. The van der Waals surface area contributed by atoms with Gasteiger partial charge in [-0.3, -0.25) is 4.79 Å². The summed E-state index contributed by atoms with van der Waals surface area (Å²) in [6.45, 7) is 4.13. The zero-order chi connectivity index (χ0) is 16.4. The highest BCUT2D eigenvalue weighted by molar-refractivity contribution is 6.32. The summed E-state index contributed by atoms with van der Waals surface area (Å²) in [4.78, 5) is 12.5. The van der Waals surface area contributed by atoms with Gasteiger partial charge in [0, 0.05) is 23.0 Å². The van der Waals surface area contributed by atoms with Crippen LogP contribution in [0.25, 0.3) is 0 Å². The number of hydrogen-bond acceptors (Lipinski definition) is 2. The van der Waals surface area contributed by atoms with E-state index in [1.807, 2.05) is 25.1 Å². The lowest BCUT2D eigenvalue weighted by Gasteiger charge is -2.17. The molecule has 3 nitrogen and oxygen atoms in total. The number of aryl methyl sites for hydroxylation is 1. The minimum atomic E-state index is 0.00210. The van der Waals surface area contributed by atoms with E-state index in [1.165, 1.54) is 25.7 Å². The van der Waals surface area contributed by atoms with Gasteiger partial charge in [0.25, 0.3) is 0 Å². The first-order chi connectivity index (χ1) is 11.1. The van der Waals surface area contributed by atoms with E-state index in [0.29, 0.717) is 16.8 Å². The van der Waals surface area contributed by atoms with Crippen molar-refractivity contribution in [3.05, 3.63) is 52.3 Å². The molecule has 1 aliphatic rings. The third-order valence-electron chi connectivity index (χ3n) is 4.67. The van der Waals surface area contributed by atoms with Gasteiger partial charge in [0.15, 0.2) is 6.61 Å². The van der Waals surface area contributed by atoms with Crippen LogP contribution in [-0.4, -0.2) is 17.0 Å². The summed E-state index contributed by atoms with van der Waals surface area (Å²) in [6, 6.07) is 9.75. The summed E-state index contributed by atoms with van der Waals surface area (Å²) in [5.74, 6) is 0.550. The SMILES string of the molecule is Cc1cc(C(=O)COc2ccccc2Cl)c(C)n1C1CCCC1. The van der Waals surface area contributed by atoms with E-state index < -0.39 is 0 Å². The highest BCUT2D eigenvalue weighted by Crippen LogP contribution is 2.33. The van der Waals surface area contributed by atoms with Crippen LogP contribution in [0.2, 0.25) is 5.02 Å². The van der Waals surface area contributed by atoms with Crippen molar-refractivity contribution in [2.45, 2.75) is 45.6 Å². The number of Topliss-reactive ketones (excluding diaryl/α,β-unsaturated/α-hetero) is 1. The zero-order valence-electron chi connectivity index (χ0n) is 13.6. The highest BCUT2D eigenvalue weighted by atomic mass is 35.5. The molecule has 1 fully saturated rings. The van der Waals surface area contributed by atoms with Gasteiger partial charge in [0.1, 0.15) is 5.75 Å². The third kappa shape index (κ3) is 3.30. The molecule has 122 valence electrons. The molecular weight excluding hydrogens is 310 g/mol. The summed E-state index contributed by atoms with van der Waals surface area (Å²) in [7, 11) is 0. The molecule has 2 aromatic rings. The van der Waals surface area contributed by atoms with E-state index in [9.17, 15) is 4.79 Å². The summed E-state index contributed by atoms with van der Waals surface area (Å²) < 4.78 is 7.92. The first-order valence-corrected chi connectivity index (χ1v) is 8.54. The first-order valence-electron chi connectivity index (χ1n) is 8.17. The van der Waals surface area contributed by atoms with Gasteiger partial charge in [0.05, 0.1) is 5.02 Å². The van der Waals surface area contributed by atoms with Crippen LogP contribution in [-0.2, 0) is 0 Å². The van der Waals surface area contributed by atoms with Crippen LogP contribution in [0.15, 0.2) is 30.3 Å². The number of rotatable bonds is 5. The maximum atomic E-state index is 12.5. The number of ketones is 1. The minimum absolute atomic E-state index is 0.00210. The van der Waals surface area contributed by atoms with Crippen molar-refractivity contribution >= 4 is 17.4 Å². The van der Waals surface area contributed by atoms with Crippen molar-refractivity contribution in [3.8, 4) is 5.75 Å². The molecule has 0 radical (unpaired) electrons. The van der Waals surface area contributed by atoms with Crippen molar-refractivity contribution in [2.75, 3.05) is 6.61 Å². The van der Waals surface area contributed by atoms with Gasteiger partial charge in [0.2, 0.25) is 5.78 Å². The summed E-state index contributed by atoms with van der Waals surface area (Å²) >= 11 is 6.06. The Morgan fingerprint density at radius 2 is 1.96 bits per heavy atom. The molecule has 1 aromatic carbocycles. The number of para-hydroxylation sites is 1. The molecule has 1 aromatic heterocycles. The van der Waals surface area contributed by atoms with Gasteiger partial charge in [-0.2, -0.15) is 0 Å². The second-order valence-electron chi connectivity index (χ2n) is 6.24. The monoisotopic (exact) mass is 331 g/mol. The number of ether oxygens (including phenoxy) is 1. The Morgan fingerprint density at radius 1 is 1.26 bits per heavy atom. The number of aromatic nitrogens is 1. The third-order valence-corrected chi connectivity index (χ3v) is 4.98. The number of benzene rings is 1. The molecule has 0 amide bonds. The molecule has 1 aliphatic carbocycles. The molecule has 1 heterocycles. The maximum Gasteiger partial charge on any atom is 0.202 e. The first kappa shape index (κ1) is 16.1. The average Bonchev–Trinajstić information content (AvgIpc) is 3.14. The lowest BCUT2D eigenvalue weighted by atomic mass is 10.1. The Labute approximate surface area is 142 Å². The van der Waals surface area contributed by atoms with Crippen molar-refractivity contribution in [1.29, 1.82) is 0 Å². The second-order valence-corrected chi connectivity index (χ2v) is 6.64. The van der Waals surface area contributed by atoms with Gasteiger partial charge in [-0.05, 0) is 44.9 Å². The lowest BCUT2D eigenvalue weighted by Crippen LogP contribution is -2.14. The number of carbonyl (C=O) groups excluding carboxylic acids is 1. The topological polar surface area (TPSA) is 31.2 Å². The molecule has 3 rings (SSSR count).